The van der Waals surface area contributed by atoms with Gasteiger partial charge >= 0.3 is 0 Å². The topological polar surface area (TPSA) is 71.1 Å². The SMILES string of the molecule is N=C(Cl)c1cc(N)ccc1NC1CCCCO1. The average molecular weight is 254 g/mol. The van der Waals surface area contributed by atoms with Crippen LogP contribution in [-0.2, 0) is 4.74 Å². The molecule has 0 aliphatic carbocycles. The second-order valence-electron chi connectivity index (χ2n) is 4.12. The fourth-order valence-corrected chi connectivity index (χ4v) is 2.05. The Bertz CT molecular complexity index is 416. The van der Waals surface area contributed by atoms with Gasteiger partial charge in [0.05, 0.1) is 0 Å². The van der Waals surface area contributed by atoms with Crippen LogP contribution >= 0.6 is 11.6 Å². The van der Waals surface area contributed by atoms with Crippen LogP contribution in [0.5, 0.6) is 0 Å². The monoisotopic (exact) mass is 253 g/mol. The van der Waals surface area contributed by atoms with Gasteiger partial charge in [0.25, 0.3) is 0 Å². The minimum atomic E-state index is -0.0180. The molecule has 5 heteroatoms. The largest absolute Gasteiger partial charge is 0.399 e. The molecule has 4 N–H and O–H groups in total. The average Bonchev–Trinajstić information content (AvgIpc) is 2.32. The van der Waals surface area contributed by atoms with Crippen molar-refractivity contribution in [2.24, 2.45) is 0 Å². The molecule has 1 aliphatic heterocycles. The third kappa shape index (κ3) is 3.11. The lowest BCUT2D eigenvalue weighted by molar-refractivity contribution is 0.0343. The molecule has 1 unspecified atom stereocenters. The van der Waals surface area contributed by atoms with Crippen LogP contribution in [0.2, 0.25) is 0 Å². The van der Waals surface area contributed by atoms with E-state index in [1.807, 2.05) is 6.07 Å². The number of nitrogens with one attached hydrogen (secondary N) is 2. The Hall–Kier alpha value is -1.26. The van der Waals surface area contributed by atoms with Gasteiger partial charge in [-0.3, -0.25) is 5.41 Å². The second-order valence-corrected chi connectivity index (χ2v) is 4.50. The summed E-state index contributed by atoms with van der Waals surface area (Å²) >= 11 is 5.74. The fraction of sp³-hybridized carbons (Fsp3) is 0.417. The van der Waals surface area contributed by atoms with Gasteiger partial charge in [-0.2, -0.15) is 0 Å². The first-order chi connectivity index (χ1) is 8.16. The minimum Gasteiger partial charge on any atom is -0.399 e. The molecular formula is C12H16ClN3O. The first-order valence-electron chi connectivity index (χ1n) is 5.69. The van der Waals surface area contributed by atoms with Gasteiger partial charge in [0.15, 0.2) is 0 Å². The zero-order valence-corrected chi connectivity index (χ0v) is 10.3. The lowest BCUT2D eigenvalue weighted by Crippen LogP contribution is -2.27. The van der Waals surface area contributed by atoms with Gasteiger partial charge in [0.1, 0.15) is 11.4 Å². The van der Waals surface area contributed by atoms with E-state index >= 15 is 0 Å². The number of nitrogen functional groups attached to an aromatic ring is 1. The molecule has 0 aromatic heterocycles. The van der Waals surface area contributed by atoms with Crippen molar-refractivity contribution in [2.75, 3.05) is 17.7 Å². The number of benzene rings is 1. The number of anilines is 2. The van der Waals surface area contributed by atoms with E-state index in [1.54, 1.807) is 12.1 Å². The van der Waals surface area contributed by atoms with Crippen molar-refractivity contribution in [1.82, 2.24) is 0 Å². The predicted octanol–water partition coefficient (Wildman–Crippen LogP) is 2.77. The zero-order valence-electron chi connectivity index (χ0n) is 9.50. The number of hydrogen-bond donors (Lipinski definition) is 3. The molecule has 1 fully saturated rings. The maximum Gasteiger partial charge on any atom is 0.130 e. The molecule has 0 saturated carbocycles. The second kappa shape index (κ2) is 5.38. The van der Waals surface area contributed by atoms with Crippen LogP contribution in [-0.4, -0.2) is 18.0 Å². The number of ether oxygens (including phenoxy) is 1. The van der Waals surface area contributed by atoms with Gasteiger partial charge in [-0.05, 0) is 37.5 Å². The summed E-state index contributed by atoms with van der Waals surface area (Å²) in [7, 11) is 0. The Balaban J connectivity index is 2.16. The summed E-state index contributed by atoms with van der Waals surface area (Å²) in [5.41, 5.74) is 7.69. The Kier molecular flexibility index (Phi) is 3.86. The summed E-state index contributed by atoms with van der Waals surface area (Å²) in [5.74, 6) is 0. The van der Waals surface area contributed by atoms with Gasteiger partial charge in [0, 0.05) is 23.5 Å². The third-order valence-electron chi connectivity index (χ3n) is 2.78. The van der Waals surface area contributed by atoms with Gasteiger partial charge in [-0.1, -0.05) is 11.6 Å². The summed E-state index contributed by atoms with van der Waals surface area (Å²) in [5, 5.41) is 10.8. The van der Waals surface area contributed by atoms with E-state index in [-0.39, 0.29) is 11.4 Å². The number of rotatable bonds is 3. The molecule has 1 aromatic rings. The van der Waals surface area contributed by atoms with E-state index in [0.717, 1.165) is 31.6 Å². The first-order valence-corrected chi connectivity index (χ1v) is 6.06. The smallest absolute Gasteiger partial charge is 0.130 e. The van der Waals surface area contributed by atoms with Crippen LogP contribution in [0, 0.1) is 5.41 Å². The Morgan fingerprint density at radius 3 is 2.94 bits per heavy atom. The highest BCUT2D eigenvalue weighted by molar-refractivity contribution is 6.69. The first kappa shape index (κ1) is 12.2. The van der Waals surface area contributed by atoms with Gasteiger partial charge in [-0.25, -0.2) is 0 Å². The van der Waals surface area contributed by atoms with E-state index in [4.69, 9.17) is 27.5 Å². The molecular weight excluding hydrogens is 238 g/mol. The van der Waals surface area contributed by atoms with Crippen molar-refractivity contribution < 1.29 is 4.74 Å². The Morgan fingerprint density at radius 1 is 1.47 bits per heavy atom. The van der Waals surface area contributed by atoms with E-state index in [9.17, 15) is 0 Å². The summed E-state index contributed by atoms with van der Waals surface area (Å²) in [4.78, 5) is 0. The molecule has 1 atom stereocenters. The molecule has 0 radical (unpaired) electrons. The molecule has 4 nitrogen and oxygen atoms in total. The van der Waals surface area contributed by atoms with Crippen molar-refractivity contribution >= 4 is 28.1 Å². The van der Waals surface area contributed by atoms with Gasteiger partial charge in [0.2, 0.25) is 0 Å². The highest BCUT2D eigenvalue weighted by atomic mass is 35.5. The summed E-state index contributed by atoms with van der Waals surface area (Å²) in [6.45, 7) is 0.778. The number of hydrogen-bond acceptors (Lipinski definition) is 4. The predicted molar refractivity (Wildman–Crippen MR) is 70.7 cm³/mol. The molecule has 1 heterocycles. The molecule has 2 rings (SSSR count). The van der Waals surface area contributed by atoms with Crippen molar-refractivity contribution in [3.63, 3.8) is 0 Å². The van der Waals surface area contributed by atoms with Gasteiger partial charge in [-0.15, -0.1) is 0 Å². The summed E-state index contributed by atoms with van der Waals surface area (Å²) in [6, 6.07) is 5.31. The molecule has 0 amide bonds. The van der Waals surface area contributed by atoms with Crippen molar-refractivity contribution in [3.05, 3.63) is 23.8 Å². The van der Waals surface area contributed by atoms with Crippen molar-refractivity contribution in [1.29, 1.82) is 5.41 Å². The van der Waals surface area contributed by atoms with E-state index < -0.39 is 0 Å². The molecule has 92 valence electrons. The van der Waals surface area contributed by atoms with Crippen LogP contribution in [0.15, 0.2) is 18.2 Å². The highest BCUT2D eigenvalue weighted by Gasteiger charge is 2.15. The lowest BCUT2D eigenvalue weighted by atomic mass is 10.1. The van der Waals surface area contributed by atoms with Crippen LogP contribution in [0.25, 0.3) is 0 Å². The van der Waals surface area contributed by atoms with Crippen molar-refractivity contribution in [3.8, 4) is 0 Å². The third-order valence-corrected chi connectivity index (χ3v) is 2.98. The van der Waals surface area contributed by atoms with Crippen LogP contribution in [0.1, 0.15) is 24.8 Å². The normalized spacial score (nSPS) is 19.9. The van der Waals surface area contributed by atoms with E-state index in [1.165, 1.54) is 0 Å². The molecule has 0 spiro atoms. The molecule has 1 aliphatic rings. The maximum absolute atomic E-state index is 7.52. The molecule has 17 heavy (non-hydrogen) atoms. The summed E-state index contributed by atoms with van der Waals surface area (Å²) < 4.78 is 5.59. The molecule has 0 bridgehead atoms. The van der Waals surface area contributed by atoms with Crippen LogP contribution < -0.4 is 11.1 Å². The fourth-order valence-electron chi connectivity index (χ4n) is 1.90. The standard InChI is InChI=1S/C12H16ClN3O/c13-12(15)9-7-8(14)4-5-10(9)16-11-3-1-2-6-17-11/h4-5,7,11,15-16H,1-3,6,14H2. The van der Waals surface area contributed by atoms with Crippen LogP contribution in [0.4, 0.5) is 11.4 Å². The van der Waals surface area contributed by atoms with Crippen molar-refractivity contribution in [2.45, 2.75) is 25.5 Å². The lowest BCUT2D eigenvalue weighted by Gasteiger charge is -2.25. The summed E-state index contributed by atoms with van der Waals surface area (Å²) in [6.07, 6.45) is 3.24. The van der Waals surface area contributed by atoms with E-state index in [2.05, 4.69) is 5.32 Å². The highest BCUT2D eigenvalue weighted by Crippen LogP contribution is 2.23. The maximum atomic E-state index is 7.52. The number of nitrogens with two attached hydrogens (primary N) is 1. The molecule has 1 saturated heterocycles. The minimum absolute atomic E-state index is 0.00198. The quantitative estimate of drug-likeness (QED) is 0.573. The zero-order chi connectivity index (χ0) is 12.3. The Morgan fingerprint density at radius 2 is 2.29 bits per heavy atom. The van der Waals surface area contributed by atoms with Crippen LogP contribution in [0.3, 0.4) is 0 Å². The number of halogens is 1. The Labute approximate surface area is 106 Å². The molecule has 1 aromatic carbocycles. The van der Waals surface area contributed by atoms with E-state index in [0.29, 0.717) is 11.3 Å². The van der Waals surface area contributed by atoms with Gasteiger partial charge < -0.3 is 15.8 Å².